The molecule has 2 N–H and O–H groups in total. The molecule has 0 spiro atoms. The minimum absolute atomic E-state index is 0.179. The number of ether oxygens (including phenoxy) is 1. The average molecular weight is 438 g/mol. The first-order valence-corrected chi connectivity index (χ1v) is 8.98. The smallest absolute Gasteiger partial charge is 0.270 e. The van der Waals surface area contributed by atoms with Crippen LogP contribution in [0.4, 0.5) is 10.1 Å². The maximum absolute atomic E-state index is 14.1. The number of nitrogens with one attached hydrogen (secondary N) is 2. The second-order valence-electron chi connectivity index (χ2n) is 6.94. The number of carbonyl (C=O) groups excluding carboxylic acids is 2. The fourth-order valence-corrected chi connectivity index (χ4v) is 2.76. The van der Waals surface area contributed by atoms with Gasteiger partial charge in [-0.3, -0.25) is 14.6 Å². The number of rotatable bonds is 5. The van der Waals surface area contributed by atoms with Crippen LogP contribution in [0.1, 0.15) is 36.8 Å². The first kappa shape index (κ1) is 20.8. The molecule has 144 valence electrons. The van der Waals surface area contributed by atoms with Gasteiger partial charge in [0.1, 0.15) is 17.3 Å². The molecule has 0 aliphatic heterocycles. The summed E-state index contributed by atoms with van der Waals surface area (Å²) < 4.78 is 19.7. The normalized spacial score (nSPS) is 11.0. The molecule has 1 aromatic heterocycles. The Labute approximate surface area is 165 Å². The highest BCUT2D eigenvalue weighted by molar-refractivity contribution is 9.10. The topological polar surface area (TPSA) is 80.3 Å². The van der Waals surface area contributed by atoms with E-state index >= 15 is 0 Å². The average Bonchev–Trinajstić information content (AvgIpc) is 2.56. The summed E-state index contributed by atoms with van der Waals surface area (Å²) in [6, 6.07) is 5.75. The second-order valence-corrected chi connectivity index (χ2v) is 7.79. The highest BCUT2D eigenvalue weighted by atomic mass is 79.9. The molecule has 0 unspecified atom stereocenters. The Morgan fingerprint density at radius 2 is 1.96 bits per heavy atom. The van der Waals surface area contributed by atoms with Crippen LogP contribution in [-0.2, 0) is 11.2 Å². The highest BCUT2D eigenvalue weighted by Gasteiger charge is 2.17. The van der Waals surface area contributed by atoms with Gasteiger partial charge in [-0.25, -0.2) is 4.39 Å². The van der Waals surface area contributed by atoms with Crippen LogP contribution in [0.3, 0.4) is 0 Å². The Bertz CT molecular complexity index is 866. The number of nitrogens with zero attached hydrogens (tertiary/aromatic N) is 1. The van der Waals surface area contributed by atoms with Crippen molar-refractivity contribution in [3.8, 4) is 5.75 Å². The van der Waals surface area contributed by atoms with Crippen LogP contribution in [0.25, 0.3) is 0 Å². The molecule has 8 heteroatoms. The van der Waals surface area contributed by atoms with E-state index in [1.807, 2.05) is 20.8 Å². The Morgan fingerprint density at radius 3 is 2.59 bits per heavy atom. The molecule has 1 aromatic carbocycles. The van der Waals surface area contributed by atoms with Gasteiger partial charge in [-0.05, 0) is 61.0 Å². The van der Waals surface area contributed by atoms with Gasteiger partial charge in [-0.1, -0.05) is 0 Å². The standard InChI is InChI=1S/C19H21BrFN3O3/c1-19(2,3)24-18(26)15-9-12(5-6-22-15)23-17(25)8-11-7-16(27-4)13(20)10-14(11)21/h5-7,9-10H,8H2,1-4H3,(H,24,26)(H,22,23,25). The Hall–Kier alpha value is -2.48. The van der Waals surface area contributed by atoms with Crippen molar-refractivity contribution in [1.29, 1.82) is 0 Å². The van der Waals surface area contributed by atoms with Gasteiger partial charge in [-0.15, -0.1) is 0 Å². The predicted octanol–water partition coefficient (Wildman–Crippen LogP) is 3.70. The van der Waals surface area contributed by atoms with Crippen LogP contribution in [0.15, 0.2) is 34.9 Å². The third kappa shape index (κ3) is 6.02. The Balaban J connectivity index is 2.11. The molecule has 27 heavy (non-hydrogen) atoms. The van der Waals surface area contributed by atoms with Crippen molar-refractivity contribution in [2.24, 2.45) is 0 Å². The summed E-state index contributed by atoms with van der Waals surface area (Å²) in [7, 11) is 1.46. The predicted molar refractivity (Wildman–Crippen MR) is 104 cm³/mol. The summed E-state index contributed by atoms with van der Waals surface area (Å²) in [4.78, 5) is 28.5. The maximum Gasteiger partial charge on any atom is 0.270 e. The van der Waals surface area contributed by atoms with Gasteiger partial charge >= 0.3 is 0 Å². The van der Waals surface area contributed by atoms with Gasteiger partial charge < -0.3 is 15.4 Å². The molecule has 0 aliphatic carbocycles. The molecule has 2 amide bonds. The lowest BCUT2D eigenvalue weighted by atomic mass is 10.1. The Kier molecular flexibility index (Phi) is 6.54. The molecule has 6 nitrogen and oxygen atoms in total. The lowest BCUT2D eigenvalue weighted by molar-refractivity contribution is -0.115. The van der Waals surface area contributed by atoms with Crippen LogP contribution in [-0.4, -0.2) is 29.4 Å². The largest absolute Gasteiger partial charge is 0.496 e. The molecule has 2 rings (SSSR count). The summed E-state index contributed by atoms with van der Waals surface area (Å²) in [5, 5.41) is 5.45. The van der Waals surface area contributed by atoms with E-state index in [1.54, 1.807) is 6.07 Å². The number of benzene rings is 1. The molecule has 0 saturated heterocycles. The maximum atomic E-state index is 14.1. The molecule has 2 aromatic rings. The number of hydrogen-bond donors (Lipinski definition) is 2. The van der Waals surface area contributed by atoms with E-state index < -0.39 is 17.3 Å². The van der Waals surface area contributed by atoms with E-state index in [0.717, 1.165) is 0 Å². The number of carbonyl (C=O) groups is 2. The van der Waals surface area contributed by atoms with Crippen LogP contribution >= 0.6 is 15.9 Å². The second kappa shape index (κ2) is 8.47. The molecule has 0 fully saturated rings. The summed E-state index contributed by atoms with van der Waals surface area (Å²) in [5.41, 5.74) is 0.376. The van der Waals surface area contributed by atoms with Gasteiger partial charge in [0.15, 0.2) is 0 Å². The molecule has 0 radical (unpaired) electrons. The number of amides is 2. The third-order valence-electron chi connectivity index (χ3n) is 3.44. The van der Waals surface area contributed by atoms with Crippen LogP contribution in [0, 0.1) is 5.82 Å². The zero-order valence-corrected chi connectivity index (χ0v) is 17.1. The van der Waals surface area contributed by atoms with Crippen LogP contribution < -0.4 is 15.4 Å². The molecular formula is C19H21BrFN3O3. The van der Waals surface area contributed by atoms with E-state index in [0.29, 0.717) is 15.9 Å². The highest BCUT2D eigenvalue weighted by Crippen LogP contribution is 2.28. The van der Waals surface area contributed by atoms with Gasteiger partial charge in [0, 0.05) is 23.0 Å². The van der Waals surface area contributed by atoms with Crippen molar-refractivity contribution in [2.45, 2.75) is 32.7 Å². The molecular weight excluding hydrogens is 417 g/mol. The molecule has 1 heterocycles. The summed E-state index contributed by atoms with van der Waals surface area (Å²) in [6.07, 6.45) is 1.25. The monoisotopic (exact) mass is 437 g/mol. The fraction of sp³-hybridized carbons (Fsp3) is 0.316. The molecule has 0 aliphatic rings. The van der Waals surface area contributed by atoms with Crippen LogP contribution in [0.2, 0.25) is 0 Å². The zero-order valence-electron chi connectivity index (χ0n) is 15.5. The van der Waals surface area contributed by atoms with E-state index in [9.17, 15) is 14.0 Å². The Morgan fingerprint density at radius 1 is 1.26 bits per heavy atom. The quantitative estimate of drug-likeness (QED) is 0.746. The van der Waals surface area contributed by atoms with E-state index in [1.165, 1.54) is 31.5 Å². The van der Waals surface area contributed by atoms with Crippen molar-refractivity contribution in [2.75, 3.05) is 12.4 Å². The zero-order chi connectivity index (χ0) is 20.2. The van der Waals surface area contributed by atoms with Gasteiger partial charge in [-0.2, -0.15) is 0 Å². The van der Waals surface area contributed by atoms with Crippen molar-refractivity contribution in [3.63, 3.8) is 0 Å². The summed E-state index contributed by atoms with van der Waals surface area (Å²) in [5.74, 6) is -0.851. The van der Waals surface area contributed by atoms with E-state index in [2.05, 4.69) is 31.5 Å². The fourth-order valence-electron chi connectivity index (χ4n) is 2.28. The first-order valence-electron chi connectivity index (χ1n) is 8.19. The number of aromatic nitrogens is 1. The van der Waals surface area contributed by atoms with Crippen molar-refractivity contribution in [1.82, 2.24) is 10.3 Å². The molecule has 0 saturated carbocycles. The third-order valence-corrected chi connectivity index (χ3v) is 4.06. The number of halogens is 2. The van der Waals surface area contributed by atoms with Gasteiger partial charge in [0.05, 0.1) is 18.0 Å². The minimum atomic E-state index is -0.516. The lowest BCUT2D eigenvalue weighted by Crippen LogP contribution is -2.40. The van der Waals surface area contributed by atoms with E-state index in [-0.39, 0.29) is 23.6 Å². The van der Waals surface area contributed by atoms with Gasteiger partial charge in [0.25, 0.3) is 5.91 Å². The SMILES string of the molecule is COc1cc(CC(=O)Nc2ccnc(C(=O)NC(C)(C)C)c2)c(F)cc1Br. The molecule has 0 atom stereocenters. The van der Waals surface area contributed by atoms with Crippen molar-refractivity contribution < 1.29 is 18.7 Å². The minimum Gasteiger partial charge on any atom is -0.496 e. The van der Waals surface area contributed by atoms with Crippen LogP contribution in [0.5, 0.6) is 5.75 Å². The number of hydrogen-bond acceptors (Lipinski definition) is 4. The molecule has 0 bridgehead atoms. The van der Waals surface area contributed by atoms with Gasteiger partial charge in [0.2, 0.25) is 5.91 Å². The van der Waals surface area contributed by atoms with Crippen molar-refractivity contribution in [3.05, 3.63) is 52.0 Å². The number of methoxy groups -OCH3 is 1. The first-order chi connectivity index (χ1) is 12.6. The summed E-state index contributed by atoms with van der Waals surface area (Å²) in [6.45, 7) is 5.58. The number of anilines is 1. The lowest BCUT2D eigenvalue weighted by Gasteiger charge is -2.20. The summed E-state index contributed by atoms with van der Waals surface area (Å²) >= 11 is 3.19. The number of pyridine rings is 1. The van der Waals surface area contributed by atoms with Crippen molar-refractivity contribution >= 4 is 33.4 Å². The van der Waals surface area contributed by atoms with E-state index in [4.69, 9.17) is 4.74 Å².